The molecule has 0 bridgehead atoms. The van der Waals surface area contributed by atoms with Crippen molar-refractivity contribution < 1.29 is 19.1 Å². The quantitative estimate of drug-likeness (QED) is 0.526. The molecule has 1 atom stereocenters. The summed E-state index contributed by atoms with van der Waals surface area (Å²) >= 11 is 1.40. The summed E-state index contributed by atoms with van der Waals surface area (Å²) in [6.45, 7) is 0.0879. The Morgan fingerprint density at radius 3 is 2.54 bits per heavy atom. The Morgan fingerprint density at radius 2 is 1.68 bits per heavy atom. The van der Waals surface area contributed by atoms with Gasteiger partial charge in [0, 0.05) is 4.90 Å². The van der Waals surface area contributed by atoms with Crippen molar-refractivity contribution in [2.24, 2.45) is 0 Å². The molecule has 0 spiro atoms. The molecule has 3 aromatic rings. The van der Waals surface area contributed by atoms with Crippen molar-refractivity contribution in [2.45, 2.75) is 11.0 Å². The van der Waals surface area contributed by atoms with Crippen LogP contribution in [0.2, 0.25) is 0 Å². The number of ether oxygens (including phenoxy) is 2. The van der Waals surface area contributed by atoms with Gasteiger partial charge in [-0.2, -0.15) is 0 Å². The van der Waals surface area contributed by atoms with Crippen LogP contribution in [0.3, 0.4) is 0 Å². The zero-order valence-electron chi connectivity index (χ0n) is 14.9. The van der Waals surface area contributed by atoms with Gasteiger partial charge in [0.1, 0.15) is 6.61 Å². The van der Waals surface area contributed by atoms with Crippen molar-refractivity contribution in [3.8, 4) is 11.5 Å². The molecule has 7 heteroatoms. The van der Waals surface area contributed by atoms with Crippen LogP contribution in [-0.4, -0.2) is 30.3 Å². The number of rotatable bonds is 4. The van der Waals surface area contributed by atoms with Gasteiger partial charge in [-0.1, -0.05) is 42.5 Å². The van der Waals surface area contributed by atoms with Crippen molar-refractivity contribution >= 4 is 34.3 Å². The monoisotopic (exact) mass is 394 g/mol. The van der Waals surface area contributed by atoms with Crippen molar-refractivity contribution in [1.29, 1.82) is 0 Å². The lowest BCUT2D eigenvalue weighted by Crippen LogP contribution is -2.51. The minimum atomic E-state index is -0.816. The van der Waals surface area contributed by atoms with E-state index < -0.39 is 12.0 Å². The maximum absolute atomic E-state index is 12.2. The molecule has 28 heavy (non-hydrogen) atoms. The van der Waals surface area contributed by atoms with Crippen molar-refractivity contribution in [3.63, 3.8) is 0 Å². The highest BCUT2D eigenvalue weighted by Gasteiger charge is 2.27. The van der Waals surface area contributed by atoms with Crippen molar-refractivity contribution in [2.75, 3.05) is 12.4 Å². The first-order valence-corrected chi connectivity index (χ1v) is 9.76. The molecule has 2 N–H and O–H groups in total. The van der Waals surface area contributed by atoms with Gasteiger partial charge in [0.05, 0.1) is 5.75 Å². The lowest BCUT2D eigenvalue weighted by Gasteiger charge is -2.25. The second-order valence-electron chi connectivity index (χ2n) is 6.20. The molecule has 0 fully saturated rings. The van der Waals surface area contributed by atoms with Crippen molar-refractivity contribution in [1.82, 2.24) is 10.9 Å². The lowest BCUT2D eigenvalue weighted by atomic mass is 10.1. The van der Waals surface area contributed by atoms with Crippen LogP contribution in [0.25, 0.3) is 10.8 Å². The van der Waals surface area contributed by atoms with Crippen LogP contribution >= 0.6 is 11.8 Å². The number of carbonyl (C=O) groups is 2. The highest BCUT2D eigenvalue weighted by Crippen LogP contribution is 2.30. The van der Waals surface area contributed by atoms with E-state index in [9.17, 15) is 9.59 Å². The highest BCUT2D eigenvalue weighted by molar-refractivity contribution is 8.00. The molecular formula is C21H18N2O4S. The van der Waals surface area contributed by atoms with Crippen LogP contribution in [0, 0.1) is 0 Å². The summed E-state index contributed by atoms with van der Waals surface area (Å²) in [4.78, 5) is 25.2. The van der Waals surface area contributed by atoms with Crippen molar-refractivity contribution in [3.05, 3.63) is 66.7 Å². The molecule has 2 amide bonds. The first-order valence-electron chi connectivity index (χ1n) is 8.78. The molecule has 142 valence electrons. The Hall–Kier alpha value is -3.19. The number of fused-ring (bicyclic) bond motifs is 2. The SMILES string of the molecule is O=C(CSc1ccc2ccccc2c1)NNC(=O)C1COc2ccccc2O1. The predicted octanol–water partition coefficient (Wildman–Crippen LogP) is 2.92. The van der Waals surface area contributed by atoms with E-state index >= 15 is 0 Å². The number of thioether (sulfide) groups is 1. The fraction of sp³-hybridized carbons (Fsp3) is 0.143. The number of hydrogen-bond acceptors (Lipinski definition) is 5. The summed E-state index contributed by atoms with van der Waals surface area (Å²) in [5.41, 5.74) is 4.81. The van der Waals surface area contributed by atoms with E-state index in [-0.39, 0.29) is 18.3 Å². The van der Waals surface area contributed by atoms with Gasteiger partial charge in [-0.25, -0.2) is 0 Å². The molecule has 1 heterocycles. The van der Waals surface area contributed by atoms with Crippen LogP contribution in [0.1, 0.15) is 0 Å². The largest absolute Gasteiger partial charge is 0.485 e. The molecule has 1 unspecified atom stereocenters. The Morgan fingerprint density at radius 1 is 0.929 bits per heavy atom. The first kappa shape index (κ1) is 18.2. The minimum Gasteiger partial charge on any atom is -0.485 e. The second-order valence-corrected chi connectivity index (χ2v) is 7.25. The van der Waals surface area contributed by atoms with E-state index in [1.807, 2.05) is 48.5 Å². The fourth-order valence-corrected chi connectivity index (χ4v) is 3.55. The van der Waals surface area contributed by atoms with E-state index in [0.29, 0.717) is 11.5 Å². The summed E-state index contributed by atoms with van der Waals surface area (Å²) in [5, 5.41) is 2.27. The van der Waals surface area contributed by atoms with E-state index in [0.717, 1.165) is 15.7 Å². The smallest absolute Gasteiger partial charge is 0.283 e. The zero-order chi connectivity index (χ0) is 19.3. The van der Waals surface area contributed by atoms with E-state index in [2.05, 4.69) is 10.9 Å². The molecule has 0 aliphatic carbocycles. The van der Waals surface area contributed by atoms with Gasteiger partial charge in [0.15, 0.2) is 11.5 Å². The summed E-state index contributed by atoms with van der Waals surface area (Å²) in [6, 6.07) is 21.2. The molecule has 0 radical (unpaired) electrons. The summed E-state index contributed by atoms with van der Waals surface area (Å²) in [5.74, 6) is 0.528. The average molecular weight is 394 g/mol. The summed E-state index contributed by atoms with van der Waals surface area (Å²) < 4.78 is 11.1. The van der Waals surface area contributed by atoms with Gasteiger partial charge >= 0.3 is 0 Å². The van der Waals surface area contributed by atoms with Crippen LogP contribution in [0.4, 0.5) is 0 Å². The molecule has 6 nitrogen and oxygen atoms in total. The Labute approximate surface area is 166 Å². The first-order chi connectivity index (χ1) is 13.7. The van der Waals surface area contributed by atoms with E-state index in [1.54, 1.807) is 18.2 Å². The Bertz CT molecular complexity index is 1020. The van der Waals surface area contributed by atoms with E-state index in [4.69, 9.17) is 9.47 Å². The molecule has 0 saturated heterocycles. The van der Waals surface area contributed by atoms with Gasteiger partial charge in [-0.15, -0.1) is 11.8 Å². The van der Waals surface area contributed by atoms with Crippen LogP contribution in [0.5, 0.6) is 11.5 Å². The number of amides is 2. The molecular weight excluding hydrogens is 376 g/mol. The number of hydrazine groups is 1. The molecule has 1 aliphatic rings. The molecule has 4 rings (SSSR count). The minimum absolute atomic E-state index is 0.0879. The fourth-order valence-electron chi connectivity index (χ4n) is 2.80. The number of nitrogens with one attached hydrogen (secondary N) is 2. The number of hydrogen-bond donors (Lipinski definition) is 2. The average Bonchev–Trinajstić information content (AvgIpc) is 2.75. The summed E-state index contributed by atoms with van der Waals surface area (Å²) in [6.07, 6.45) is -0.816. The maximum Gasteiger partial charge on any atom is 0.283 e. The molecule has 0 saturated carbocycles. The number of benzene rings is 3. The van der Waals surface area contributed by atoms with Crippen LogP contribution in [0.15, 0.2) is 71.6 Å². The van der Waals surface area contributed by atoms with Crippen LogP contribution < -0.4 is 20.3 Å². The van der Waals surface area contributed by atoms with Crippen LogP contribution in [-0.2, 0) is 9.59 Å². The maximum atomic E-state index is 12.2. The molecule has 0 aromatic heterocycles. The summed E-state index contributed by atoms with van der Waals surface area (Å²) in [7, 11) is 0. The molecule has 3 aromatic carbocycles. The predicted molar refractivity (Wildman–Crippen MR) is 107 cm³/mol. The van der Waals surface area contributed by atoms with E-state index in [1.165, 1.54) is 11.8 Å². The normalized spacial score (nSPS) is 15.1. The van der Waals surface area contributed by atoms with Gasteiger partial charge in [-0.3, -0.25) is 20.4 Å². The van der Waals surface area contributed by atoms with Gasteiger partial charge < -0.3 is 9.47 Å². The van der Waals surface area contributed by atoms with Gasteiger partial charge in [-0.05, 0) is 35.0 Å². The Kier molecular flexibility index (Phi) is 5.34. The number of carbonyl (C=O) groups excluding carboxylic acids is 2. The third-order valence-electron chi connectivity index (χ3n) is 4.22. The highest BCUT2D eigenvalue weighted by atomic mass is 32.2. The number of para-hydroxylation sites is 2. The van der Waals surface area contributed by atoms with Gasteiger partial charge in [0.2, 0.25) is 12.0 Å². The molecule has 1 aliphatic heterocycles. The topological polar surface area (TPSA) is 76.7 Å². The standard InChI is InChI=1S/C21H18N2O4S/c24-20(13-28-16-10-9-14-5-1-2-6-15(14)11-16)22-23-21(25)19-12-26-17-7-3-4-8-18(17)27-19/h1-11,19H,12-13H2,(H,22,24)(H,23,25). The zero-order valence-corrected chi connectivity index (χ0v) is 15.7. The van der Waals surface area contributed by atoms with Gasteiger partial charge in [0.25, 0.3) is 5.91 Å². The third-order valence-corrected chi connectivity index (χ3v) is 5.21. The second kappa shape index (κ2) is 8.22. The third kappa shape index (κ3) is 4.20. The Balaban J connectivity index is 1.25. The lowest BCUT2D eigenvalue weighted by molar-refractivity contribution is -0.134.